The Bertz CT molecular complexity index is 654. The van der Waals surface area contributed by atoms with Crippen LogP contribution in [0, 0.1) is 0 Å². The number of aromatic nitrogens is 2. The van der Waals surface area contributed by atoms with E-state index in [1.807, 2.05) is 31.5 Å². The van der Waals surface area contributed by atoms with Gasteiger partial charge in [-0.15, -0.1) is 0 Å². The zero-order valence-electron chi connectivity index (χ0n) is 14.5. The molecule has 1 N–H and O–H groups in total. The van der Waals surface area contributed by atoms with E-state index >= 15 is 0 Å². The Labute approximate surface area is 142 Å². The minimum absolute atomic E-state index is 0.0206. The molecule has 1 heterocycles. The molecule has 0 spiro atoms. The molecule has 5 heteroatoms. The second-order valence-corrected chi connectivity index (χ2v) is 7.86. The van der Waals surface area contributed by atoms with Crippen molar-refractivity contribution in [2.24, 2.45) is 0 Å². The molecule has 0 aliphatic rings. The maximum atomic E-state index is 12.0. The highest BCUT2D eigenvalue weighted by molar-refractivity contribution is 7.99. The molecule has 0 aliphatic heterocycles. The molecule has 0 bridgehead atoms. The van der Waals surface area contributed by atoms with Crippen LogP contribution in [0.2, 0.25) is 0 Å². The number of carbonyl (C=O) groups excluding carboxylic acids is 1. The summed E-state index contributed by atoms with van der Waals surface area (Å²) in [6, 6.07) is 8.47. The first-order chi connectivity index (χ1) is 10.8. The summed E-state index contributed by atoms with van der Waals surface area (Å²) in [5.41, 5.74) is 2.16. The number of imidazole rings is 1. The number of benzene rings is 1. The Morgan fingerprint density at radius 3 is 2.48 bits per heavy atom. The highest BCUT2D eigenvalue weighted by atomic mass is 32.2. The number of hydrogen-bond acceptors (Lipinski definition) is 3. The lowest BCUT2D eigenvalue weighted by molar-refractivity contribution is -0.119. The van der Waals surface area contributed by atoms with Gasteiger partial charge in [0.15, 0.2) is 5.16 Å². The van der Waals surface area contributed by atoms with Gasteiger partial charge in [0, 0.05) is 23.6 Å². The molecule has 0 atom stereocenters. The molecule has 2 aromatic rings. The second kappa shape index (κ2) is 7.21. The van der Waals surface area contributed by atoms with Crippen LogP contribution >= 0.6 is 11.8 Å². The van der Waals surface area contributed by atoms with Crippen LogP contribution in [0.15, 0.2) is 41.8 Å². The van der Waals surface area contributed by atoms with Crippen molar-refractivity contribution in [1.29, 1.82) is 0 Å². The van der Waals surface area contributed by atoms with Crippen molar-refractivity contribution in [3.63, 3.8) is 0 Å². The normalized spacial score (nSPS) is 11.7. The van der Waals surface area contributed by atoms with E-state index in [2.05, 4.69) is 48.4 Å². The molecule has 0 saturated carbocycles. The van der Waals surface area contributed by atoms with E-state index in [4.69, 9.17) is 0 Å². The first-order valence-electron chi connectivity index (χ1n) is 7.84. The van der Waals surface area contributed by atoms with Crippen LogP contribution in [0.3, 0.4) is 0 Å². The summed E-state index contributed by atoms with van der Waals surface area (Å²) in [5.74, 6) is 0.896. The summed E-state index contributed by atoms with van der Waals surface area (Å²) >= 11 is 1.45. The third-order valence-electron chi connectivity index (χ3n) is 3.29. The predicted octanol–water partition coefficient (Wildman–Crippen LogP) is 4.00. The Hall–Kier alpha value is -1.75. The smallest absolute Gasteiger partial charge is 0.230 e. The van der Waals surface area contributed by atoms with E-state index < -0.39 is 0 Å². The Kier molecular flexibility index (Phi) is 5.52. The summed E-state index contributed by atoms with van der Waals surface area (Å²) in [6.07, 6.45) is 3.69. The number of rotatable bonds is 5. The minimum atomic E-state index is -0.209. The van der Waals surface area contributed by atoms with Crippen molar-refractivity contribution in [3.8, 4) is 5.69 Å². The lowest BCUT2D eigenvalue weighted by Gasteiger charge is -2.20. The van der Waals surface area contributed by atoms with Crippen LogP contribution < -0.4 is 5.32 Å². The standard InChI is InChI=1S/C18H25N3OS/c1-13(2)14-6-8-15(9-7-14)21-11-10-19-17(21)23-12-16(22)20-18(3,4)5/h6-11,13H,12H2,1-5H3,(H,20,22). The van der Waals surface area contributed by atoms with Gasteiger partial charge < -0.3 is 5.32 Å². The van der Waals surface area contributed by atoms with Gasteiger partial charge in [0.1, 0.15) is 0 Å². The summed E-state index contributed by atoms with van der Waals surface area (Å²) in [4.78, 5) is 16.3. The number of thioether (sulfide) groups is 1. The molecule has 1 aromatic heterocycles. The van der Waals surface area contributed by atoms with Gasteiger partial charge in [-0.2, -0.15) is 0 Å². The molecule has 1 aromatic carbocycles. The average Bonchev–Trinajstić information content (AvgIpc) is 2.92. The maximum Gasteiger partial charge on any atom is 0.230 e. The van der Waals surface area contributed by atoms with E-state index in [1.165, 1.54) is 17.3 Å². The molecule has 0 saturated heterocycles. The number of amides is 1. The first kappa shape index (κ1) is 17.6. The molecule has 0 radical (unpaired) electrons. The number of hydrogen-bond donors (Lipinski definition) is 1. The molecular weight excluding hydrogens is 306 g/mol. The molecule has 2 rings (SSSR count). The fourth-order valence-electron chi connectivity index (χ4n) is 2.20. The second-order valence-electron chi connectivity index (χ2n) is 6.91. The lowest BCUT2D eigenvalue weighted by atomic mass is 10.0. The molecule has 1 amide bonds. The summed E-state index contributed by atoms with van der Waals surface area (Å²) < 4.78 is 2.01. The quantitative estimate of drug-likeness (QED) is 0.842. The van der Waals surface area contributed by atoms with Crippen molar-refractivity contribution in [1.82, 2.24) is 14.9 Å². The third kappa shape index (κ3) is 5.13. The highest BCUT2D eigenvalue weighted by Crippen LogP contribution is 2.22. The zero-order chi connectivity index (χ0) is 17.0. The Balaban J connectivity index is 2.06. The van der Waals surface area contributed by atoms with Crippen LogP contribution in [0.1, 0.15) is 46.1 Å². The van der Waals surface area contributed by atoms with Gasteiger partial charge in [0.25, 0.3) is 0 Å². The SMILES string of the molecule is CC(C)c1ccc(-n2ccnc2SCC(=O)NC(C)(C)C)cc1. The summed E-state index contributed by atoms with van der Waals surface area (Å²) in [5, 5.41) is 3.79. The van der Waals surface area contributed by atoms with Crippen molar-refractivity contribution >= 4 is 17.7 Å². The molecular formula is C18H25N3OS. The molecule has 124 valence electrons. The van der Waals surface area contributed by atoms with Gasteiger partial charge in [0.05, 0.1) is 5.75 Å². The first-order valence-corrected chi connectivity index (χ1v) is 8.82. The van der Waals surface area contributed by atoms with E-state index in [-0.39, 0.29) is 11.4 Å². The van der Waals surface area contributed by atoms with E-state index in [0.29, 0.717) is 11.7 Å². The number of carbonyl (C=O) groups is 1. The number of nitrogens with one attached hydrogen (secondary N) is 1. The Morgan fingerprint density at radius 2 is 1.91 bits per heavy atom. The lowest BCUT2D eigenvalue weighted by Crippen LogP contribution is -2.41. The third-order valence-corrected chi connectivity index (χ3v) is 4.26. The van der Waals surface area contributed by atoms with Gasteiger partial charge in [-0.25, -0.2) is 4.98 Å². The Morgan fingerprint density at radius 1 is 1.26 bits per heavy atom. The highest BCUT2D eigenvalue weighted by Gasteiger charge is 2.15. The van der Waals surface area contributed by atoms with Crippen LogP contribution in [-0.4, -0.2) is 26.8 Å². The predicted molar refractivity (Wildman–Crippen MR) is 96.3 cm³/mol. The molecule has 0 unspecified atom stereocenters. The van der Waals surface area contributed by atoms with Crippen molar-refractivity contribution in [2.75, 3.05) is 5.75 Å². The van der Waals surface area contributed by atoms with Crippen LogP contribution in [0.5, 0.6) is 0 Å². The van der Waals surface area contributed by atoms with E-state index in [9.17, 15) is 4.79 Å². The summed E-state index contributed by atoms with van der Waals surface area (Å²) in [6.45, 7) is 10.3. The van der Waals surface area contributed by atoms with Gasteiger partial charge >= 0.3 is 0 Å². The minimum Gasteiger partial charge on any atom is -0.351 e. The maximum absolute atomic E-state index is 12.0. The van der Waals surface area contributed by atoms with Crippen molar-refractivity contribution in [2.45, 2.75) is 51.2 Å². The fraction of sp³-hybridized carbons (Fsp3) is 0.444. The number of nitrogens with zero attached hydrogens (tertiary/aromatic N) is 2. The van der Waals surface area contributed by atoms with Gasteiger partial charge in [-0.3, -0.25) is 9.36 Å². The largest absolute Gasteiger partial charge is 0.351 e. The molecule has 23 heavy (non-hydrogen) atoms. The van der Waals surface area contributed by atoms with Gasteiger partial charge in [0.2, 0.25) is 5.91 Å². The van der Waals surface area contributed by atoms with Crippen LogP contribution in [0.25, 0.3) is 5.69 Å². The van der Waals surface area contributed by atoms with Crippen molar-refractivity contribution in [3.05, 3.63) is 42.2 Å². The topological polar surface area (TPSA) is 46.9 Å². The summed E-state index contributed by atoms with van der Waals surface area (Å²) in [7, 11) is 0. The van der Waals surface area contributed by atoms with Crippen LogP contribution in [0.4, 0.5) is 0 Å². The van der Waals surface area contributed by atoms with E-state index in [0.717, 1.165) is 10.8 Å². The van der Waals surface area contributed by atoms with Crippen molar-refractivity contribution < 1.29 is 4.79 Å². The molecule has 0 fully saturated rings. The zero-order valence-corrected chi connectivity index (χ0v) is 15.3. The van der Waals surface area contributed by atoms with Gasteiger partial charge in [-0.1, -0.05) is 37.7 Å². The average molecular weight is 331 g/mol. The van der Waals surface area contributed by atoms with Gasteiger partial charge in [-0.05, 0) is 44.4 Å². The van der Waals surface area contributed by atoms with Crippen LogP contribution in [-0.2, 0) is 4.79 Å². The molecule has 4 nitrogen and oxygen atoms in total. The fourth-order valence-corrected chi connectivity index (χ4v) is 2.97. The molecule has 0 aliphatic carbocycles. The monoisotopic (exact) mass is 331 g/mol. The van der Waals surface area contributed by atoms with E-state index in [1.54, 1.807) is 6.20 Å².